The van der Waals surface area contributed by atoms with Gasteiger partial charge in [0.05, 0.1) is 6.04 Å². The van der Waals surface area contributed by atoms with Gasteiger partial charge in [-0.1, -0.05) is 18.5 Å². The Hall–Kier alpha value is -1.75. The van der Waals surface area contributed by atoms with Crippen molar-refractivity contribution >= 4 is 0 Å². The third kappa shape index (κ3) is 2.68. The Morgan fingerprint density at radius 3 is 2.71 bits per heavy atom. The van der Waals surface area contributed by atoms with Gasteiger partial charge in [0.15, 0.2) is 0 Å². The lowest BCUT2D eigenvalue weighted by Crippen LogP contribution is -2.09. The minimum Gasteiger partial charge on any atom is -0.337 e. The summed E-state index contributed by atoms with van der Waals surface area (Å²) in [5.41, 5.74) is 6.58. The molecule has 0 aliphatic heterocycles. The van der Waals surface area contributed by atoms with Crippen molar-refractivity contribution in [2.24, 2.45) is 5.73 Å². The van der Waals surface area contributed by atoms with Gasteiger partial charge in [-0.25, -0.2) is 4.39 Å². The molecular weight excluding hydrogens is 221 g/mol. The van der Waals surface area contributed by atoms with Gasteiger partial charge in [0.2, 0.25) is 11.7 Å². The fraction of sp³-hybridized carbons (Fsp3) is 0.333. The van der Waals surface area contributed by atoms with Gasteiger partial charge in [-0.3, -0.25) is 0 Å². The van der Waals surface area contributed by atoms with Crippen LogP contribution in [0.25, 0.3) is 11.4 Å². The molecule has 0 bridgehead atoms. The van der Waals surface area contributed by atoms with E-state index in [0.29, 0.717) is 17.3 Å². The molecule has 0 unspecified atom stereocenters. The van der Waals surface area contributed by atoms with E-state index in [0.717, 1.165) is 12.8 Å². The van der Waals surface area contributed by atoms with Crippen LogP contribution >= 0.6 is 0 Å². The van der Waals surface area contributed by atoms with E-state index in [1.807, 2.05) is 6.92 Å². The second kappa shape index (κ2) is 5.05. The van der Waals surface area contributed by atoms with Gasteiger partial charge in [-0.05, 0) is 30.7 Å². The first-order valence-corrected chi connectivity index (χ1v) is 5.56. The molecule has 0 aliphatic rings. The van der Waals surface area contributed by atoms with E-state index in [1.54, 1.807) is 12.1 Å². The molecule has 0 saturated heterocycles. The highest BCUT2D eigenvalue weighted by Crippen LogP contribution is 2.19. The summed E-state index contributed by atoms with van der Waals surface area (Å²) in [6, 6.07) is 5.70. The Morgan fingerprint density at radius 2 is 2.06 bits per heavy atom. The first-order valence-electron chi connectivity index (χ1n) is 5.56. The van der Waals surface area contributed by atoms with Crippen LogP contribution in [-0.4, -0.2) is 10.1 Å². The average Bonchev–Trinajstić information content (AvgIpc) is 2.80. The fourth-order valence-electron chi connectivity index (χ4n) is 1.54. The first-order chi connectivity index (χ1) is 8.20. The van der Waals surface area contributed by atoms with Crippen molar-refractivity contribution in [3.05, 3.63) is 36.0 Å². The number of halogens is 1. The van der Waals surface area contributed by atoms with E-state index in [-0.39, 0.29) is 11.9 Å². The van der Waals surface area contributed by atoms with Crippen LogP contribution in [0.1, 0.15) is 31.7 Å². The summed E-state index contributed by atoms with van der Waals surface area (Å²) in [6.45, 7) is 2.04. The highest BCUT2D eigenvalue weighted by molar-refractivity contribution is 5.53. The predicted molar refractivity (Wildman–Crippen MR) is 61.5 cm³/mol. The summed E-state index contributed by atoms with van der Waals surface area (Å²) in [5, 5.41) is 3.83. The predicted octanol–water partition coefficient (Wildman–Crippen LogP) is 2.68. The minimum atomic E-state index is -0.292. The van der Waals surface area contributed by atoms with Gasteiger partial charge in [-0.15, -0.1) is 0 Å². The van der Waals surface area contributed by atoms with E-state index in [2.05, 4.69) is 10.1 Å². The molecule has 17 heavy (non-hydrogen) atoms. The summed E-state index contributed by atoms with van der Waals surface area (Å²) < 4.78 is 17.8. The third-order valence-corrected chi connectivity index (χ3v) is 2.46. The van der Waals surface area contributed by atoms with E-state index >= 15 is 0 Å². The SMILES string of the molecule is CCC[C@H](N)c1nc(-c2ccc(F)cc2)no1. The molecule has 1 aromatic carbocycles. The van der Waals surface area contributed by atoms with Crippen LogP contribution in [0.15, 0.2) is 28.8 Å². The molecule has 0 aliphatic carbocycles. The fourth-order valence-corrected chi connectivity index (χ4v) is 1.54. The van der Waals surface area contributed by atoms with Crippen LogP contribution in [0.4, 0.5) is 4.39 Å². The molecule has 0 amide bonds. The van der Waals surface area contributed by atoms with Gasteiger partial charge >= 0.3 is 0 Å². The normalized spacial score (nSPS) is 12.6. The van der Waals surface area contributed by atoms with Crippen molar-refractivity contribution in [1.82, 2.24) is 10.1 Å². The van der Waals surface area contributed by atoms with E-state index < -0.39 is 0 Å². The lowest BCUT2D eigenvalue weighted by molar-refractivity contribution is 0.348. The van der Waals surface area contributed by atoms with Crippen molar-refractivity contribution < 1.29 is 8.91 Å². The number of hydrogen-bond acceptors (Lipinski definition) is 4. The van der Waals surface area contributed by atoms with Gasteiger partial charge in [0.25, 0.3) is 0 Å². The summed E-state index contributed by atoms with van der Waals surface area (Å²) in [6.07, 6.45) is 1.75. The van der Waals surface area contributed by atoms with E-state index in [9.17, 15) is 4.39 Å². The first kappa shape index (κ1) is 11.7. The molecule has 2 aromatic rings. The molecule has 0 fully saturated rings. The average molecular weight is 235 g/mol. The summed E-state index contributed by atoms with van der Waals surface area (Å²) in [5.74, 6) is 0.567. The van der Waals surface area contributed by atoms with E-state index in [1.165, 1.54) is 12.1 Å². The van der Waals surface area contributed by atoms with Crippen LogP contribution < -0.4 is 5.73 Å². The number of nitrogens with zero attached hydrogens (tertiary/aromatic N) is 2. The van der Waals surface area contributed by atoms with Crippen LogP contribution in [0, 0.1) is 5.82 Å². The maximum absolute atomic E-state index is 12.8. The standard InChI is InChI=1S/C12H14FN3O/c1-2-3-10(14)12-15-11(16-17-12)8-4-6-9(13)7-5-8/h4-7,10H,2-3,14H2,1H3/t10-/m0/s1. The molecular formula is C12H14FN3O. The zero-order valence-electron chi connectivity index (χ0n) is 9.56. The van der Waals surface area contributed by atoms with Crippen molar-refractivity contribution in [2.45, 2.75) is 25.8 Å². The van der Waals surface area contributed by atoms with Gasteiger partial charge in [0, 0.05) is 5.56 Å². The smallest absolute Gasteiger partial charge is 0.243 e. The minimum absolute atomic E-state index is 0.235. The van der Waals surface area contributed by atoms with Gasteiger partial charge in [-0.2, -0.15) is 4.98 Å². The Labute approximate surface area is 98.6 Å². The largest absolute Gasteiger partial charge is 0.337 e. The number of aromatic nitrogens is 2. The number of benzene rings is 1. The Balaban J connectivity index is 2.20. The summed E-state index contributed by atoms with van der Waals surface area (Å²) in [4.78, 5) is 4.20. The quantitative estimate of drug-likeness (QED) is 0.884. The van der Waals surface area contributed by atoms with Crippen molar-refractivity contribution in [1.29, 1.82) is 0 Å². The van der Waals surface area contributed by atoms with Crippen molar-refractivity contribution in [2.75, 3.05) is 0 Å². The molecule has 4 nitrogen and oxygen atoms in total. The topological polar surface area (TPSA) is 64.9 Å². The zero-order valence-corrected chi connectivity index (χ0v) is 9.56. The van der Waals surface area contributed by atoms with Crippen LogP contribution in [0.5, 0.6) is 0 Å². The van der Waals surface area contributed by atoms with Crippen LogP contribution in [0.2, 0.25) is 0 Å². The molecule has 0 saturated carbocycles. The molecule has 1 aromatic heterocycles. The lowest BCUT2D eigenvalue weighted by Gasteiger charge is -2.02. The number of nitrogens with two attached hydrogens (primary N) is 1. The summed E-state index contributed by atoms with van der Waals surface area (Å²) >= 11 is 0. The number of hydrogen-bond donors (Lipinski definition) is 1. The summed E-state index contributed by atoms with van der Waals surface area (Å²) in [7, 11) is 0. The highest BCUT2D eigenvalue weighted by Gasteiger charge is 2.14. The van der Waals surface area contributed by atoms with Gasteiger partial charge in [0.1, 0.15) is 5.82 Å². The Kier molecular flexibility index (Phi) is 3.49. The molecule has 5 heteroatoms. The van der Waals surface area contributed by atoms with E-state index in [4.69, 9.17) is 10.3 Å². The molecule has 0 radical (unpaired) electrons. The Morgan fingerprint density at radius 1 is 1.35 bits per heavy atom. The number of rotatable bonds is 4. The van der Waals surface area contributed by atoms with Crippen LogP contribution in [0.3, 0.4) is 0 Å². The molecule has 1 atom stereocenters. The van der Waals surface area contributed by atoms with Crippen LogP contribution in [-0.2, 0) is 0 Å². The zero-order chi connectivity index (χ0) is 12.3. The second-order valence-electron chi connectivity index (χ2n) is 3.86. The second-order valence-corrected chi connectivity index (χ2v) is 3.86. The monoisotopic (exact) mass is 235 g/mol. The molecule has 1 heterocycles. The maximum atomic E-state index is 12.8. The molecule has 0 spiro atoms. The third-order valence-electron chi connectivity index (χ3n) is 2.46. The highest BCUT2D eigenvalue weighted by atomic mass is 19.1. The maximum Gasteiger partial charge on any atom is 0.243 e. The van der Waals surface area contributed by atoms with Gasteiger partial charge < -0.3 is 10.3 Å². The van der Waals surface area contributed by atoms with Crippen molar-refractivity contribution in [3.8, 4) is 11.4 Å². The lowest BCUT2D eigenvalue weighted by atomic mass is 10.2. The molecule has 2 N–H and O–H groups in total. The molecule has 90 valence electrons. The van der Waals surface area contributed by atoms with Crippen molar-refractivity contribution in [3.63, 3.8) is 0 Å². The Bertz CT molecular complexity index is 481. The molecule has 2 rings (SSSR count).